The molecule has 1 unspecified atom stereocenters. The van der Waals surface area contributed by atoms with Gasteiger partial charge in [0.05, 0.1) is 19.0 Å². The Hall–Kier alpha value is -1.22. The molecule has 2 amide bonds. The molecule has 0 bridgehead atoms. The second-order valence-corrected chi connectivity index (χ2v) is 3.68. The molecule has 1 fully saturated rings. The number of aliphatic hydroxyl groups excluding tert-OH is 2. The minimum atomic E-state index is -0.785. The Morgan fingerprint density at radius 3 is 3.06 bits per heavy atom. The number of carbonyl (C=O) groups excluding carboxylic acids is 1. The molecule has 0 radical (unpaired) electrons. The van der Waals surface area contributed by atoms with Crippen molar-refractivity contribution in [2.45, 2.75) is 31.1 Å². The molecule has 4 atom stereocenters. The summed E-state index contributed by atoms with van der Waals surface area (Å²) in [5.74, 6) is 0. The van der Waals surface area contributed by atoms with E-state index in [-0.39, 0.29) is 13.0 Å². The van der Waals surface area contributed by atoms with E-state index in [0.29, 0.717) is 0 Å². The van der Waals surface area contributed by atoms with Gasteiger partial charge < -0.3 is 20.3 Å². The molecule has 0 aliphatic carbocycles. The summed E-state index contributed by atoms with van der Waals surface area (Å²) in [6.45, 7) is -0.288. The second kappa shape index (κ2) is 4.34. The van der Waals surface area contributed by atoms with Gasteiger partial charge in [0.1, 0.15) is 12.3 Å². The van der Waals surface area contributed by atoms with Crippen molar-refractivity contribution in [3.8, 4) is 0 Å². The molecule has 2 rings (SSSR count). The summed E-state index contributed by atoms with van der Waals surface area (Å²) in [6, 6.07) is -0.432. The van der Waals surface area contributed by atoms with Gasteiger partial charge in [-0.05, 0) is 0 Å². The molecule has 0 spiro atoms. The van der Waals surface area contributed by atoms with Crippen LogP contribution >= 0.6 is 0 Å². The maximum Gasteiger partial charge on any atom is 0.327 e. The van der Waals surface area contributed by atoms with Crippen LogP contribution in [0.3, 0.4) is 0 Å². The number of nitrogens with one attached hydrogen (secondary N) is 1. The maximum absolute atomic E-state index is 11.5. The Labute approximate surface area is 91.7 Å². The van der Waals surface area contributed by atoms with Crippen LogP contribution in [0.15, 0.2) is 4.99 Å². The summed E-state index contributed by atoms with van der Waals surface area (Å²) in [5, 5.41) is 20.8. The van der Waals surface area contributed by atoms with Gasteiger partial charge in [-0.3, -0.25) is 10.6 Å². The van der Waals surface area contributed by atoms with Crippen LogP contribution in [0.5, 0.6) is 0 Å². The molecule has 0 saturated carbocycles. The van der Waals surface area contributed by atoms with Gasteiger partial charge in [-0.2, -0.15) is 0 Å². The first-order chi connectivity index (χ1) is 7.61. The zero-order chi connectivity index (χ0) is 11.7. The van der Waals surface area contributed by atoms with Gasteiger partial charge in [0.25, 0.3) is 0 Å². The summed E-state index contributed by atoms with van der Waals surface area (Å²) in [4.78, 5) is 16.5. The SMILES string of the molecule is NC1N=CN([C@H]2C[C@H](O)[C@@H](CO)O2)C(=O)N1. The highest BCUT2D eigenvalue weighted by Gasteiger charge is 2.39. The first-order valence-corrected chi connectivity index (χ1v) is 4.94. The molecule has 8 heteroatoms. The molecule has 2 heterocycles. The number of aliphatic imine (C=N–C) groups is 1. The fourth-order valence-corrected chi connectivity index (χ4v) is 1.69. The highest BCUT2D eigenvalue weighted by molar-refractivity contribution is 5.88. The lowest BCUT2D eigenvalue weighted by Crippen LogP contribution is -2.54. The number of amides is 2. The summed E-state index contributed by atoms with van der Waals surface area (Å²) in [6.07, 6.45) is -1.30. The number of ether oxygens (including phenoxy) is 1. The fraction of sp³-hybridized carbons (Fsp3) is 0.750. The van der Waals surface area contributed by atoms with E-state index in [0.717, 1.165) is 0 Å². The Morgan fingerprint density at radius 1 is 1.75 bits per heavy atom. The molecule has 0 aromatic heterocycles. The lowest BCUT2D eigenvalue weighted by atomic mass is 10.2. The van der Waals surface area contributed by atoms with E-state index < -0.39 is 30.8 Å². The second-order valence-electron chi connectivity index (χ2n) is 3.68. The van der Waals surface area contributed by atoms with Gasteiger partial charge in [-0.15, -0.1) is 0 Å². The highest BCUT2D eigenvalue weighted by Crippen LogP contribution is 2.23. The topological polar surface area (TPSA) is 120 Å². The van der Waals surface area contributed by atoms with Gasteiger partial charge in [-0.1, -0.05) is 0 Å². The Bertz CT molecular complexity index is 310. The number of nitrogens with two attached hydrogens (primary N) is 1. The predicted octanol–water partition coefficient (Wildman–Crippen LogP) is -2.25. The Balaban J connectivity index is 2.04. The lowest BCUT2D eigenvalue weighted by molar-refractivity contribution is -0.0486. The minimum absolute atomic E-state index is 0.236. The zero-order valence-electron chi connectivity index (χ0n) is 8.48. The van der Waals surface area contributed by atoms with Crippen LogP contribution in [0.25, 0.3) is 0 Å². The van der Waals surface area contributed by atoms with E-state index in [2.05, 4.69) is 10.3 Å². The molecule has 90 valence electrons. The predicted molar refractivity (Wildman–Crippen MR) is 53.2 cm³/mol. The summed E-state index contributed by atoms with van der Waals surface area (Å²) in [7, 11) is 0. The van der Waals surface area contributed by atoms with E-state index in [4.69, 9.17) is 15.6 Å². The number of urea groups is 1. The average molecular weight is 230 g/mol. The zero-order valence-corrected chi connectivity index (χ0v) is 8.48. The normalized spacial score (nSPS) is 38.9. The quantitative estimate of drug-likeness (QED) is 0.427. The van der Waals surface area contributed by atoms with E-state index in [1.54, 1.807) is 0 Å². The molecular weight excluding hydrogens is 216 g/mol. The van der Waals surface area contributed by atoms with E-state index in [1.165, 1.54) is 11.2 Å². The molecule has 0 aromatic rings. The summed E-state index contributed by atoms with van der Waals surface area (Å²) >= 11 is 0. The van der Waals surface area contributed by atoms with Gasteiger partial charge in [0.15, 0.2) is 6.29 Å². The van der Waals surface area contributed by atoms with Crippen molar-refractivity contribution < 1.29 is 19.7 Å². The number of rotatable bonds is 2. The standard InChI is InChI=1S/C8H14N4O4/c9-7-10-3-12(8(15)11-7)6-1-4(14)5(2-13)16-6/h3-7,13-14H,1-2,9H2,(H,11,15)/t4-,5+,6+,7?/m0/s1. The molecule has 16 heavy (non-hydrogen) atoms. The van der Waals surface area contributed by atoms with E-state index >= 15 is 0 Å². The van der Waals surface area contributed by atoms with Gasteiger partial charge in [-0.25, -0.2) is 9.79 Å². The van der Waals surface area contributed by atoms with Crippen molar-refractivity contribution in [3.63, 3.8) is 0 Å². The van der Waals surface area contributed by atoms with Gasteiger partial charge >= 0.3 is 6.03 Å². The van der Waals surface area contributed by atoms with Crippen LogP contribution in [0.2, 0.25) is 0 Å². The van der Waals surface area contributed by atoms with E-state index in [1.807, 2.05) is 0 Å². The van der Waals surface area contributed by atoms with Crippen molar-refractivity contribution in [1.82, 2.24) is 10.2 Å². The average Bonchev–Trinajstić information content (AvgIpc) is 2.59. The molecule has 8 nitrogen and oxygen atoms in total. The number of carbonyl (C=O) groups is 1. The van der Waals surface area contributed by atoms with Crippen molar-refractivity contribution in [2.75, 3.05) is 6.61 Å². The van der Waals surface area contributed by atoms with Crippen LogP contribution in [0.4, 0.5) is 4.79 Å². The van der Waals surface area contributed by atoms with Crippen molar-refractivity contribution in [1.29, 1.82) is 0 Å². The first kappa shape index (κ1) is 11.3. The smallest absolute Gasteiger partial charge is 0.327 e. The van der Waals surface area contributed by atoms with Crippen LogP contribution in [-0.4, -0.2) is 58.8 Å². The molecule has 5 N–H and O–H groups in total. The Morgan fingerprint density at radius 2 is 2.50 bits per heavy atom. The molecule has 2 aliphatic heterocycles. The number of nitrogens with zero attached hydrogens (tertiary/aromatic N) is 2. The summed E-state index contributed by atoms with van der Waals surface area (Å²) < 4.78 is 5.30. The maximum atomic E-state index is 11.5. The van der Waals surface area contributed by atoms with Crippen LogP contribution in [-0.2, 0) is 4.74 Å². The minimum Gasteiger partial charge on any atom is -0.394 e. The van der Waals surface area contributed by atoms with Gasteiger partial charge in [0.2, 0.25) is 0 Å². The first-order valence-electron chi connectivity index (χ1n) is 4.94. The highest BCUT2D eigenvalue weighted by atomic mass is 16.5. The number of aliphatic hydroxyl groups is 2. The van der Waals surface area contributed by atoms with Crippen LogP contribution in [0.1, 0.15) is 6.42 Å². The van der Waals surface area contributed by atoms with Crippen molar-refractivity contribution >= 4 is 12.4 Å². The third kappa shape index (κ3) is 2.00. The third-order valence-electron chi connectivity index (χ3n) is 2.55. The Kier molecular flexibility index (Phi) is 3.06. The van der Waals surface area contributed by atoms with Crippen molar-refractivity contribution in [3.05, 3.63) is 0 Å². The summed E-state index contributed by atoms with van der Waals surface area (Å²) in [5.41, 5.74) is 5.38. The monoisotopic (exact) mass is 230 g/mol. The van der Waals surface area contributed by atoms with Crippen LogP contribution in [0, 0.1) is 0 Å². The molecular formula is C8H14N4O4. The largest absolute Gasteiger partial charge is 0.394 e. The molecule has 1 saturated heterocycles. The lowest BCUT2D eigenvalue weighted by Gasteiger charge is -2.28. The number of hydrogen-bond acceptors (Lipinski definition) is 6. The van der Waals surface area contributed by atoms with E-state index in [9.17, 15) is 9.90 Å². The van der Waals surface area contributed by atoms with Gasteiger partial charge in [0, 0.05) is 6.42 Å². The third-order valence-corrected chi connectivity index (χ3v) is 2.55. The van der Waals surface area contributed by atoms with Crippen LogP contribution < -0.4 is 11.1 Å². The van der Waals surface area contributed by atoms with Crippen molar-refractivity contribution in [2.24, 2.45) is 10.7 Å². The fourth-order valence-electron chi connectivity index (χ4n) is 1.69. The number of hydrogen-bond donors (Lipinski definition) is 4. The molecule has 2 aliphatic rings. The molecule has 0 aromatic carbocycles.